The number of aromatic nitrogens is 2. The zero-order valence-corrected chi connectivity index (χ0v) is 10.0. The summed E-state index contributed by atoms with van der Waals surface area (Å²) in [5.41, 5.74) is 7.22. The van der Waals surface area contributed by atoms with Gasteiger partial charge in [-0.05, 0) is 19.8 Å². The Hall–Kier alpha value is -1.36. The largest absolute Gasteiger partial charge is 0.333 e. The summed E-state index contributed by atoms with van der Waals surface area (Å²) < 4.78 is 2.20. The molecule has 2 heterocycles. The van der Waals surface area contributed by atoms with Gasteiger partial charge >= 0.3 is 0 Å². The lowest BCUT2D eigenvalue weighted by Crippen LogP contribution is -2.34. The van der Waals surface area contributed by atoms with Crippen molar-refractivity contribution in [2.24, 2.45) is 5.73 Å². The van der Waals surface area contributed by atoms with Crippen molar-refractivity contribution < 1.29 is 4.79 Å². The summed E-state index contributed by atoms with van der Waals surface area (Å²) in [5.74, 6) is 0.161. The molecule has 1 aliphatic carbocycles. The molecule has 1 saturated carbocycles. The van der Waals surface area contributed by atoms with Gasteiger partial charge in [-0.1, -0.05) is 0 Å². The van der Waals surface area contributed by atoms with Crippen LogP contribution >= 0.6 is 0 Å². The van der Waals surface area contributed by atoms with Crippen LogP contribution < -0.4 is 5.73 Å². The molecule has 1 aliphatic heterocycles. The average molecular weight is 234 g/mol. The lowest BCUT2D eigenvalue weighted by atomic mass is 10.1. The molecule has 2 atom stereocenters. The molecule has 1 amide bonds. The summed E-state index contributed by atoms with van der Waals surface area (Å²) in [7, 11) is 0. The topological polar surface area (TPSA) is 64.2 Å². The van der Waals surface area contributed by atoms with Crippen LogP contribution in [-0.4, -0.2) is 32.9 Å². The predicted octanol–water partition coefficient (Wildman–Crippen LogP) is 0.839. The van der Waals surface area contributed by atoms with Crippen LogP contribution in [0.4, 0.5) is 0 Å². The molecule has 1 saturated heterocycles. The van der Waals surface area contributed by atoms with E-state index in [1.165, 1.54) is 12.8 Å². The number of amides is 1. The fourth-order valence-electron chi connectivity index (χ4n) is 2.77. The van der Waals surface area contributed by atoms with Gasteiger partial charge in [-0.3, -0.25) is 4.79 Å². The van der Waals surface area contributed by atoms with Crippen LogP contribution in [0.1, 0.15) is 44.0 Å². The highest BCUT2D eigenvalue weighted by Crippen LogP contribution is 2.40. The van der Waals surface area contributed by atoms with E-state index in [2.05, 4.69) is 9.55 Å². The van der Waals surface area contributed by atoms with Crippen molar-refractivity contribution in [1.29, 1.82) is 0 Å². The first kappa shape index (κ1) is 10.8. The van der Waals surface area contributed by atoms with Crippen molar-refractivity contribution in [3.8, 4) is 0 Å². The molecule has 1 aromatic heterocycles. The molecule has 1 aromatic rings. The Morgan fingerprint density at radius 2 is 2.29 bits per heavy atom. The zero-order chi connectivity index (χ0) is 12.0. The van der Waals surface area contributed by atoms with Crippen LogP contribution in [0, 0.1) is 0 Å². The molecule has 0 spiro atoms. The van der Waals surface area contributed by atoms with Gasteiger partial charge in [0.2, 0.25) is 5.91 Å². The van der Waals surface area contributed by atoms with E-state index < -0.39 is 0 Å². The minimum Gasteiger partial charge on any atom is -0.333 e. The number of hydrogen-bond donors (Lipinski definition) is 1. The third-order valence-electron chi connectivity index (χ3n) is 3.75. The molecule has 3 rings (SSSR count). The molecular weight excluding hydrogens is 216 g/mol. The number of carbonyl (C=O) groups excluding carboxylic acids is 1. The quantitative estimate of drug-likeness (QED) is 0.842. The molecule has 5 nitrogen and oxygen atoms in total. The molecule has 0 radical (unpaired) electrons. The highest BCUT2D eigenvalue weighted by Gasteiger charge is 2.40. The maximum absolute atomic E-state index is 11.8. The summed E-state index contributed by atoms with van der Waals surface area (Å²) in [4.78, 5) is 17.9. The van der Waals surface area contributed by atoms with Gasteiger partial charge in [-0.15, -0.1) is 0 Å². The van der Waals surface area contributed by atoms with Gasteiger partial charge in [0.25, 0.3) is 0 Å². The lowest BCUT2D eigenvalue weighted by Gasteiger charge is -2.26. The molecule has 2 N–H and O–H groups in total. The zero-order valence-electron chi connectivity index (χ0n) is 10.0. The summed E-state index contributed by atoms with van der Waals surface area (Å²) in [5, 5.41) is 0. The highest BCUT2D eigenvalue weighted by atomic mass is 16.2. The fourth-order valence-corrected chi connectivity index (χ4v) is 2.77. The first-order valence-corrected chi connectivity index (χ1v) is 6.29. The number of carbonyl (C=O) groups is 1. The van der Waals surface area contributed by atoms with E-state index in [0.717, 1.165) is 5.69 Å². The van der Waals surface area contributed by atoms with Crippen molar-refractivity contribution in [3.63, 3.8) is 0 Å². The molecule has 92 valence electrons. The minimum absolute atomic E-state index is 0.00981. The molecule has 17 heavy (non-hydrogen) atoms. The second-order valence-electron chi connectivity index (χ2n) is 4.95. The standard InChI is InChI=1S/C12H18N4O/c1-2-15-11(17)5-9(13)12(15)10-6-14-7-16(10)8-3-4-8/h6-9,12H,2-5,13H2,1H3. The van der Waals surface area contributed by atoms with Crippen LogP contribution in [-0.2, 0) is 4.79 Å². The van der Waals surface area contributed by atoms with Crippen molar-refractivity contribution in [2.45, 2.75) is 44.3 Å². The third-order valence-corrected chi connectivity index (χ3v) is 3.75. The molecule has 0 bridgehead atoms. The Balaban J connectivity index is 1.95. The van der Waals surface area contributed by atoms with Crippen molar-refractivity contribution in [3.05, 3.63) is 18.2 Å². The smallest absolute Gasteiger partial charge is 0.224 e. The third kappa shape index (κ3) is 1.65. The van der Waals surface area contributed by atoms with Crippen molar-refractivity contribution >= 4 is 5.91 Å². The first-order valence-electron chi connectivity index (χ1n) is 6.29. The Bertz CT molecular complexity index is 437. The summed E-state index contributed by atoms with van der Waals surface area (Å²) in [6, 6.07) is 0.487. The van der Waals surface area contributed by atoms with E-state index >= 15 is 0 Å². The molecule has 0 aromatic carbocycles. The highest BCUT2D eigenvalue weighted by molar-refractivity contribution is 5.80. The number of nitrogens with zero attached hydrogens (tertiary/aromatic N) is 3. The number of hydrogen-bond acceptors (Lipinski definition) is 3. The number of likely N-dealkylation sites (tertiary alicyclic amines) is 1. The number of nitrogens with two attached hydrogens (primary N) is 1. The van der Waals surface area contributed by atoms with Crippen molar-refractivity contribution in [2.75, 3.05) is 6.54 Å². The van der Waals surface area contributed by atoms with Gasteiger partial charge in [0, 0.05) is 25.0 Å². The van der Waals surface area contributed by atoms with Gasteiger partial charge in [-0.2, -0.15) is 0 Å². The predicted molar refractivity (Wildman–Crippen MR) is 63.2 cm³/mol. The molecule has 2 unspecified atom stereocenters. The summed E-state index contributed by atoms with van der Waals surface area (Å²) >= 11 is 0. The number of likely N-dealkylation sites (N-methyl/N-ethyl adjacent to an activating group) is 1. The van der Waals surface area contributed by atoms with Crippen LogP contribution in [0.3, 0.4) is 0 Å². The second kappa shape index (κ2) is 3.84. The van der Waals surface area contributed by atoms with E-state index in [0.29, 0.717) is 19.0 Å². The van der Waals surface area contributed by atoms with E-state index in [1.807, 2.05) is 24.3 Å². The van der Waals surface area contributed by atoms with E-state index in [1.54, 1.807) is 0 Å². The minimum atomic E-state index is -0.100. The molecule has 2 aliphatic rings. The van der Waals surface area contributed by atoms with Gasteiger partial charge in [0.1, 0.15) is 0 Å². The lowest BCUT2D eigenvalue weighted by molar-refractivity contribution is -0.128. The Kier molecular flexibility index (Phi) is 2.43. The SMILES string of the molecule is CCN1C(=O)CC(N)C1c1cncn1C1CC1. The van der Waals surface area contributed by atoms with Gasteiger partial charge in [-0.25, -0.2) is 4.98 Å². The van der Waals surface area contributed by atoms with Crippen LogP contribution in [0.15, 0.2) is 12.5 Å². The Morgan fingerprint density at radius 1 is 1.53 bits per heavy atom. The van der Waals surface area contributed by atoms with Crippen LogP contribution in [0.2, 0.25) is 0 Å². The molecule has 2 fully saturated rings. The van der Waals surface area contributed by atoms with Gasteiger partial charge in [0.05, 0.1) is 24.3 Å². The Morgan fingerprint density at radius 3 is 2.94 bits per heavy atom. The van der Waals surface area contributed by atoms with E-state index in [4.69, 9.17) is 5.73 Å². The van der Waals surface area contributed by atoms with Crippen LogP contribution in [0.25, 0.3) is 0 Å². The normalized spacial score (nSPS) is 29.1. The second-order valence-corrected chi connectivity index (χ2v) is 4.95. The first-order chi connectivity index (χ1) is 8.22. The van der Waals surface area contributed by atoms with E-state index in [-0.39, 0.29) is 18.0 Å². The summed E-state index contributed by atoms with van der Waals surface area (Å²) in [6.45, 7) is 2.72. The maximum Gasteiger partial charge on any atom is 0.224 e. The van der Waals surface area contributed by atoms with Crippen molar-refractivity contribution in [1.82, 2.24) is 14.5 Å². The Labute approximate surface area is 101 Å². The maximum atomic E-state index is 11.8. The molecular formula is C12H18N4O. The summed E-state index contributed by atoms with van der Waals surface area (Å²) in [6.07, 6.45) is 6.62. The average Bonchev–Trinajstić information content (AvgIpc) is 2.96. The monoisotopic (exact) mass is 234 g/mol. The number of rotatable bonds is 3. The van der Waals surface area contributed by atoms with Gasteiger partial charge < -0.3 is 15.2 Å². The number of imidazole rings is 1. The van der Waals surface area contributed by atoms with Gasteiger partial charge in [0.15, 0.2) is 0 Å². The van der Waals surface area contributed by atoms with E-state index in [9.17, 15) is 4.79 Å². The van der Waals surface area contributed by atoms with Crippen LogP contribution in [0.5, 0.6) is 0 Å². The molecule has 5 heteroatoms. The fraction of sp³-hybridized carbons (Fsp3) is 0.667.